The Morgan fingerprint density at radius 3 is 1.18 bits per heavy atom. The van der Waals surface area contributed by atoms with Crippen LogP contribution in [0.5, 0.6) is 0 Å². The van der Waals surface area contributed by atoms with E-state index in [4.69, 9.17) is 42.6 Å². The molecule has 0 unspecified atom stereocenters. The summed E-state index contributed by atoms with van der Waals surface area (Å²) in [6.07, 6.45) is -41.9. The maximum atomic E-state index is 12.4. The molecule has 62 heavy (non-hydrogen) atoms. The Morgan fingerprint density at radius 2 is 0.742 bits per heavy atom. The fraction of sp³-hybridized carbons (Fsp3) is 0.941. The lowest BCUT2D eigenvalue weighted by molar-refractivity contribution is -0.383. The van der Waals surface area contributed by atoms with Crippen LogP contribution in [0, 0.1) is 0 Å². The van der Waals surface area contributed by atoms with Gasteiger partial charge in [-0.1, -0.05) is 0 Å². The molecule has 28 nitrogen and oxygen atoms in total. The van der Waals surface area contributed by atoms with Crippen LogP contribution in [-0.2, 0) is 52.2 Å². The predicted molar refractivity (Wildman–Crippen MR) is 190 cm³/mol. The van der Waals surface area contributed by atoms with Gasteiger partial charge in [0, 0.05) is 13.8 Å². The van der Waals surface area contributed by atoms with E-state index in [1.54, 1.807) is 0 Å². The largest absolute Gasteiger partial charge is 0.394 e. The molecule has 0 saturated carbocycles. The van der Waals surface area contributed by atoms with Crippen LogP contribution in [0.3, 0.4) is 0 Å². The van der Waals surface area contributed by atoms with Gasteiger partial charge in [-0.15, -0.1) is 0 Å². The summed E-state index contributed by atoms with van der Waals surface area (Å²) in [7, 11) is 0. The van der Waals surface area contributed by atoms with Gasteiger partial charge in [0.05, 0.1) is 33.0 Å². The zero-order valence-electron chi connectivity index (χ0n) is 33.2. The van der Waals surface area contributed by atoms with Crippen LogP contribution >= 0.6 is 0 Å². The van der Waals surface area contributed by atoms with E-state index in [0.29, 0.717) is 0 Å². The first kappa shape index (κ1) is 51.0. The third kappa shape index (κ3) is 10.8. The number of aliphatic hydroxyl groups is 15. The summed E-state index contributed by atoms with van der Waals surface area (Å²) >= 11 is 0. The van der Waals surface area contributed by atoms with Gasteiger partial charge in [0.1, 0.15) is 122 Å². The van der Waals surface area contributed by atoms with Crippen molar-refractivity contribution in [3.05, 3.63) is 0 Å². The quantitative estimate of drug-likeness (QED) is 0.0725. The molecular formula is C34H58N2O26. The second-order valence-corrected chi connectivity index (χ2v) is 15.4. The fourth-order valence-corrected chi connectivity index (χ4v) is 7.82. The molecule has 17 N–H and O–H groups in total. The van der Waals surface area contributed by atoms with Gasteiger partial charge in [-0.25, -0.2) is 0 Å². The van der Waals surface area contributed by atoms with Crippen molar-refractivity contribution in [2.24, 2.45) is 0 Å². The summed E-state index contributed by atoms with van der Waals surface area (Å²) < 4.78 is 50.7. The molecule has 2 amide bonds. The second kappa shape index (κ2) is 22.0. The highest BCUT2D eigenvalue weighted by Gasteiger charge is 2.57. The van der Waals surface area contributed by atoms with E-state index in [-0.39, 0.29) is 0 Å². The van der Waals surface area contributed by atoms with E-state index >= 15 is 0 Å². The lowest BCUT2D eigenvalue weighted by Crippen LogP contribution is -2.70. The number of ether oxygens (including phenoxy) is 9. The second-order valence-electron chi connectivity index (χ2n) is 15.4. The number of rotatable bonds is 15. The smallest absolute Gasteiger partial charge is 0.217 e. The van der Waals surface area contributed by atoms with Crippen LogP contribution in [0.1, 0.15) is 13.8 Å². The van der Waals surface area contributed by atoms with E-state index in [0.717, 1.165) is 13.8 Å². The van der Waals surface area contributed by atoms with Crippen molar-refractivity contribution < 1.29 is 129 Å². The molecule has 0 aromatic heterocycles. The number of hydrogen-bond acceptors (Lipinski definition) is 26. The van der Waals surface area contributed by atoms with Crippen LogP contribution in [0.2, 0.25) is 0 Å². The van der Waals surface area contributed by atoms with Crippen molar-refractivity contribution in [1.29, 1.82) is 0 Å². The van der Waals surface area contributed by atoms with Crippen LogP contribution < -0.4 is 10.6 Å². The molecule has 5 aliphatic heterocycles. The van der Waals surface area contributed by atoms with Gasteiger partial charge < -0.3 is 130 Å². The van der Waals surface area contributed by atoms with E-state index in [1.165, 1.54) is 0 Å². The first-order valence-corrected chi connectivity index (χ1v) is 19.6. The molecule has 5 saturated heterocycles. The van der Waals surface area contributed by atoms with E-state index in [2.05, 4.69) is 10.6 Å². The molecule has 5 aliphatic rings. The lowest BCUT2D eigenvalue weighted by Gasteiger charge is -2.50. The number of carbonyl (C=O) groups is 2. The van der Waals surface area contributed by atoms with Crippen LogP contribution in [0.4, 0.5) is 0 Å². The normalized spacial score (nSPS) is 49.0. The highest BCUT2D eigenvalue weighted by atomic mass is 16.8. The van der Waals surface area contributed by atoms with Crippen molar-refractivity contribution >= 4 is 11.8 Å². The first-order valence-electron chi connectivity index (χ1n) is 19.6. The van der Waals surface area contributed by atoms with E-state index < -0.39 is 198 Å². The molecule has 5 fully saturated rings. The van der Waals surface area contributed by atoms with Gasteiger partial charge in [-0.3, -0.25) is 9.59 Å². The zero-order chi connectivity index (χ0) is 45.9. The average Bonchev–Trinajstić information content (AvgIpc) is 3.23. The number of hydrogen-bond donors (Lipinski definition) is 17. The third-order valence-electron chi connectivity index (χ3n) is 11.1. The molecule has 5 rings (SSSR count). The van der Waals surface area contributed by atoms with Gasteiger partial charge in [0.2, 0.25) is 11.8 Å². The van der Waals surface area contributed by atoms with E-state index in [9.17, 15) is 86.2 Å². The standard InChI is InChI=1S/C34H58N2O26/c1-8(42)35-15-20(47)26(59-33-24(51)22(49)17(44)11(4-38)55-33)13(6-40)57-31(15)61-28-19(46)12(5-39)56-34(25(28)52)60-27-14(7-41)58-32(16(21(27)48)36-9(2)43)62-29-23(50)18(45)10(3-37)54-30(29)53/h10-34,37-41,44-53H,3-7H2,1-2H3,(H,35,42)(H,36,43)/t10-,11-,12-,13-,14-,15-,16-,17+,18-,19+,20-,21-,22+,23+,24-,25-,26-,27-,28+,29+,30+,31+,32+,33+,34+/m1/s1. The highest BCUT2D eigenvalue weighted by Crippen LogP contribution is 2.35. The maximum Gasteiger partial charge on any atom is 0.217 e. The third-order valence-corrected chi connectivity index (χ3v) is 11.1. The van der Waals surface area contributed by atoms with Crippen molar-refractivity contribution in [2.45, 2.75) is 167 Å². The molecule has 5 heterocycles. The van der Waals surface area contributed by atoms with Gasteiger partial charge in [-0.2, -0.15) is 0 Å². The number of carbonyl (C=O) groups excluding carboxylic acids is 2. The Kier molecular flexibility index (Phi) is 18.1. The van der Waals surface area contributed by atoms with Crippen molar-refractivity contribution in [2.75, 3.05) is 33.0 Å². The van der Waals surface area contributed by atoms with Crippen LogP contribution in [0.15, 0.2) is 0 Å². The maximum absolute atomic E-state index is 12.4. The predicted octanol–water partition coefficient (Wildman–Crippen LogP) is -11.6. The Hall–Kier alpha value is -2.02. The monoisotopic (exact) mass is 910 g/mol. The summed E-state index contributed by atoms with van der Waals surface area (Å²) in [6.45, 7) is -2.48. The molecule has 0 bridgehead atoms. The summed E-state index contributed by atoms with van der Waals surface area (Å²) in [5, 5.41) is 163. The number of amides is 2. The highest BCUT2D eigenvalue weighted by molar-refractivity contribution is 5.73. The summed E-state index contributed by atoms with van der Waals surface area (Å²) in [5.41, 5.74) is 0. The van der Waals surface area contributed by atoms with Crippen molar-refractivity contribution in [1.82, 2.24) is 10.6 Å². The Bertz CT molecular complexity index is 1440. The minimum Gasteiger partial charge on any atom is -0.394 e. The van der Waals surface area contributed by atoms with Gasteiger partial charge in [-0.05, 0) is 0 Å². The number of aliphatic hydroxyl groups excluding tert-OH is 15. The topological polar surface area (TPSA) is 445 Å². The molecule has 28 heteroatoms. The fourth-order valence-electron chi connectivity index (χ4n) is 7.82. The van der Waals surface area contributed by atoms with Gasteiger partial charge in [0.25, 0.3) is 0 Å². The molecule has 0 radical (unpaired) electrons. The lowest BCUT2D eigenvalue weighted by atomic mass is 9.94. The Morgan fingerprint density at radius 1 is 0.387 bits per heavy atom. The minimum absolute atomic E-state index is 0.787. The number of nitrogens with one attached hydrogen (secondary N) is 2. The zero-order valence-corrected chi connectivity index (χ0v) is 33.2. The summed E-state index contributed by atoms with van der Waals surface area (Å²) in [4.78, 5) is 24.6. The molecule has 0 aliphatic carbocycles. The average molecular weight is 911 g/mol. The molecule has 0 spiro atoms. The SMILES string of the molecule is CC(=O)N[C@H]1[C@H](O[C@H]2[C@@H](O)[C@@H](CO)O[C@@H](O[C@H]3[C@H](O)[C@@H](NC(C)=O)[C@H](O[C@H]4[C@@H](O)[C@H](O)[C@@H](CO)O[C@@H]4O)O[C@@H]3CO)[C@@H]2O)O[C@H](CO)[C@@H](O[C@@H]2O[C@H](CO)[C@H](O)[C@H](O)[C@H]2O)[C@@H]1O. The Labute approximate surface area is 351 Å². The van der Waals surface area contributed by atoms with Gasteiger partial charge in [0.15, 0.2) is 31.5 Å². The molecular weight excluding hydrogens is 852 g/mol. The molecule has 360 valence electrons. The molecule has 0 aromatic carbocycles. The first-order chi connectivity index (χ1) is 29.3. The van der Waals surface area contributed by atoms with Gasteiger partial charge >= 0.3 is 0 Å². The van der Waals surface area contributed by atoms with Crippen molar-refractivity contribution in [3.63, 3.8) is 0 Å². The molecule has 25 atom stereocenters. The molecule has 0 aromatic rings. The minimum atomic E-state index is -2.15. The summed E-state index contributed by atoms with van der Waals surface area (Å²) in [5.74, 6) is -1.59. The van der Waals surface area contributed by atoms with Crippen molar-refractivity contribution in [3.8, 4) is 0 Å². The van der Waals surface area contributed by atoms with Crippen LogP contribution in [0.25, 0.3) is 0 Å². The Balaban J connectivity index is 1.36. The van der Waals surface area contributed by atoms with E-state index in [1.807, 2.05) is 0 Å². The van der Waals surface area contributed by atoms with Crippen LogP contribution in [-0.4, -0.2) is 275 Å². The summed E-state index contributed by atoms with van der Waals surface area (Å²) in [6, 6.07) is -3.35.